The maximum absolute atomic E-state index is 12.1. The van der Waals surface area contributed by atoms with E-state index in [0.717, 1.165) is 17.8 Å². The molecule has 0 unspecified atom stereocenters. The zero-order valence-electron chi connectivity index (χ0n) is 14.9. The van der Waals surface area contributed by atoms with Crippen molar-refractivity contribution in [1.29, 1.82) is 0 Å². The van der Waals surface area contributed by atoms with Crippen LogP contribution in [0.2, 0.25) is 0 Å². The van der Waals surface area contributed by atoms with E-state index in [0.29, 0.717) is 19.4 Å². The van der Waals surface area contributed by atoms with Crippen molar-refractivity contribution in [3.8, 4) is 0 Å². The van der Waals surface area contributed by atoms with Crippen LogP contribution >= 0.6 is 0 Å². The third-order valence-electron chi connectivity index (χ3n) is 3.41. The van der Waals surface area contributed by atoms with Gasteiger partial charge in [0, 0.05) is 32.2 Å². The number of rotatable bonds is 7. The van der Waals surface area contributed by atoms with Gasteiger partial charge in [0.05, 0.1) is 6.42 Å². The van der Waals surface area contributed by atoms with Gasteiger partial charge in [-0.05, 0) is 30.2 Å². The van der Waals surface area contributed by atoms with Gasteiger partial charge in [-0.2, -0.15) is 0 Å². The van der Waals surface area contributed by atoms with Crippen LogP contribution in [0.1, 0.15) is 32.8 Å². The molecule has 1 rings (SSSR count). The zero-order chi connectivity index (χ0) is 17.5. The van der Waals surface area contributed by atoms with E-state index in [4.69, 9.17) is 0 Å². The minimum Gasteiger partial charge on any atom is -0.344 e. The van der Waals surface area contributed by atoms with Crippen LogP contribution in [0.3, 0.4) is 0 Å². The molecule has 0 bridgehead atoms. The molecule has 0 heterocycles. The highest BCUT2D eigenvalue weighted by Gasteiger charge is 2.16. The molecule has 23 heavy (non-hydrogen) atoms. The van der Waals surface area contributed by atoms with E-state index in [-0.39, 0.29) is 17.2 Å². The number of carbonyl (C=O) groups is 2. The largest absolute Gasteiger partial charge is 0.344 e. The monoisotopic (exact) mass is 319 g/mol. The number of hydrogen-bond donors (Lipinski definition) is 2. The SMILES string of the molecule is CNCCN(C)C(=O)Cc1ccc(NC(=O)CC(C)(C)C)cc1. The number of amides is 2. The van der Waals surface area contributed by atoms with Crippen molar-refractivity contribution in [3.05, 3.63) is 29.8 Å². The molecular formula is C18H29N3O2. The van der Waals surface area contributed by atoms with E-state index in [9.17, 15) is 9.59 Å². The molecular weight excluding hydrogens is 290 g/mol. The lowest BCUT2D eigenvalue weighted by atomic mass is 9.92. The number of hydrogen-bond acceptors (Lipinski definition) is 3. The molecule has 2 N–H and O–H groups in total. The van der Waals surface area contributed by atoms with Crippen LogP contribution in [0.15, 0.2) is 24.3 Å². The Labute approximate surface area is 139 Å². The van der Waals surface area contributed by atoms with Crippen LogP contribution < -0.4 is 10.6 Å². The quantitative estimate of drug-likeness (QED) is 0.810. The first-order chi connectivity index (χ1) is 10.7. The van der Waals surface area contributed by atoms with E-state index in [1.807, 2.05) is 52.1 Å². The maximum atomic E-state index is 12.1. The van der Waals surface area contributed by atoms with Crippen molar-refractivity contribution >= 4 is 17.5 Å². The number of benzene rings is 1. The van der Waals surface area contributed by atoms with Crippen molar-refractivity contribution in [3.63, 3.8) is 0 Å². The average Bonchev–Trinajstić information content (AvgIpc) is 2.44. The van der Waals surface area contributed by atoms with E-state index in [2.05, 4.69) is 10.6 Å². The van der Waals surface area contributed by atoms with E-state index in [1.165, 1.54) is 0 Å². The summed E-state index contributed by atoms with van der Waals surface area (Å²) in [5.74, 6) is 0.0953. The molecule has 128 valence electrons. The third-order valence-corrected chi connectivity index (χ3v) is 3.41. The summed E-state index contributed by atoms with van der Waals surface area (Å²) in [5, 5.41) is 5.91. The van der Waals surface area contributed by atoms with Gasteiger partial charge in [0.1, 0.15) is 0 Å². The summed E-state index contributed by atoms with van der Waals surface area (Å²) in [5.41, 5.74) is 1.67. The predicted molar refractivity (Wildman–Crippen MR) is 94.4 cm³/mol. The summed E-state index contributed by atoms with van der Waals surface area (Å²) < 4.78 is 0. The third kappa shape index (κ3) is 7.79. The van der Waals surface area contributed by atoms with Gasteiger partial charge in [-0.25, -0.2) is 0 Å². The second kappa shape index (κ2) is 8.67. The number of carbonyl (C=O) groups excluding carboxylic acids is 2. The second-order valence-electron chi connectivity index (χ2n) is 7.08. The highest BCUT2D eigenvalue weighted by atomic mass is 16.2. The summed E-state index contributed by atoms with van der Waals surface area (Å²) in [6.07, 6.45) is 0.847. The summed E-state index contributed by atoms with van der Waals surface area (Å²) in [6, 6.07) is 7.46. The van der Waals surface area contributed by atoms with Crippen LogP contribution in [-0.4, -0.2) is 43.9 Å². The normalized spacial score (nSPS) is 11.2. The smallest absolute Gasteiger partial charge is 0.226 e. The number of nitrogens with one attached hydrogen (secondary N) is 2. The van der Waals surface area contributed by atoms with E-state index < -0.39 is 0 Å². The molecule has 0 saturated heterocycles. The van der Waals surface area contributed by atoms with Crippen LogP contribution in [0.5, 0.6) is 0 Å². The molecule has 0 atom stereocenters. The molecule has 2 amide bonds. The minimum absolute atomic E-state index is 0.00752. The van der Waals surface area contributed by atoms with Crippen molar-refractivity contribution in [2.45, 2.75) is 33.6 Å². The fraction of sp³-hybridized carbons (Fsp3) is 0.556. The lowest BCUT2D eigenvalue weighted by molar-refractivity contribution is -0.129. The Morgan fingerprint density at radius 1 is 1.13 bits per heavy atom. The van der Waals surface area contributed by atoms with Crippen LogP contribution in [0.4, 0.5) is 5.69 Å². The van der Waals surface area contributed by atoms with Gasteiger partial charge in [-0.1, -0.05) is 32.9 Å². The topological polar surface area (TPSA) is 61.4 Å². The molecule has 1 aromatic carbocycles. The first kappa shape index (κ1) is 19.2. The van der Waals surface area contributed by atoms with E-state index in [1.54, 1.807) is 11.9 Å². The molecule has 0 aliphatic heterocycles. The molecule has 0 aromatic heterocycles. The average molecular weight is 319 g/mol. The van der Waals surface area contributed by atoms with Crippen LogP contribution in [0, 0.1) is 5.41 Å². The molecule has 0 spiro atoms. The Kier molecular flexibility index (Phi) is 7.23. The first-order valence-corrected chi connectivity index (χ1v) is 7.98. The van der Waals surface area contributed by atoms with Gasteiger partial charge in [-0.15, -0.1) is 0 Å². The van der Waals surface area contributed by atoms with Crippen molar-refractivity contribution < 1.29 is 9.59 Å². The summed E-state index contributed by atoms with van der Waals surface area (Å²) in [4.78, 5) is 25.7. The number of anilines is 1. The molecule has 0 aliphatic rings. The van der Waals surface area contributed by atoms with Gasteiger partial charge in [0.25, 0.3) is 0 Å². The first-order valence-electron chi connectivity index (χ1n) is 7.98. The van der Waals surface area contributed by atoms with Gasteiger partial charge in [0.2, 0.25) is 11.8 Å². The number of nitrogens with zero attached hydrogens (tertiary/aromatic N) is 1. The standard InChI is InChI=1S/C18H29N3O2/c1-18(2,3)13-16(22)20-15-8-6-14(7-9-15)12-17(23)21(5)11-10-19-4/h6-9,19H,10-13H2,1-5H3,(H,20,22). The summed E-state index contributed by atoms with van der Waals surface area (Å²) >= 11 is 0. The Bertz CT molecular complexity index is 518. The Morgan fingerprint density at radius 3 is 2.26 bits per heavy atom. The van der Waals surface area contributed by atoms with Crippen LogP contribution in [-0.2, 0) is 16.0 Å². The van der Waals surface area contributed by atoms with Gasteiger partial charge < -0.3 is 15.5 Å². The highest BCUT2D eigenvalue weighted by molar-refractivity contribution is 5.91. The fourth-order valence-electron chi connectivity index (χ4n) is 2.11. The molecule has 0 aliphatic carbocycles. The molecule has 0 radical (unpaired) electrons. The second-order valence-corrected chi connectivity index (χ2v) is 7.08. The molecule has 0 saturated carbocycles. The highest BCUT2D eigenvalue weighted by Crippen LogP contribution is 2.19. The van der Waals surface area contributed by atoms with Gasteiger partial charge in [-0.3, -0.25) is 9.59 Å². The molecule has 1 aromatic rings. The Morgan fingerprint density at radius 2 is 1.74 bits per heavy atom. The van der Waals surface area contributed by atoms with Crippen molar-refractivity contribution in [1.82, 2.24) is 10.2 Å². The van der Waals surface area contributed by atoms with Crippen molar-refractivity contribution in [2.75, 3.05) is 32.5 Å². The lowest BCUT2D eigenvalue weighted by Crippen LogP contribution is -2.33. The minimum atomic E-state index is -0.0334. The zero-order valence-corrected chi connectivity index (χ0v) is 14.9. The summed E-state index contributed by atoms with van der Waals surface area (Å²) in [6.45, 7) is 7.57. The van der Waals surface area contributed by atoms with Gasteiger partial charge in [0.15, 0.2) is 0 Å². The Hall–Kier alpha value is -1.88. The summed E-state index contributed by atoms with van der Waals surface area (Å²) in [7, 11) is 3.67. The molecule has 5 heteroatoms. The number of likely N-dealkylation sites (N-methyl/N-ethyl adjacent to an activating group) is 2. The van der Waals surface area contributed by atoms with E-state index >= 15 is 0 Å². The predicted octanol–water partition coefficient (Wildman–Crippen LogP) is 2.28. The van der Waals surface area contributed by atoms with Crippen molar-refractivity contribution in [2.24, 2.45) is 5.41 Å². The molecule has 5 nitrogen and oxygen atoms in total. The molecule has 0 fully saturated rings. The lowest BCUT2D eigenvalue weighted by Gasteiger charge is -2.18. The fourth-order valence-corrected chi connectivity index (χ4v) is 2.11. The van der Waals surface area contributed by atoms with Crippen LogP contribution in [0.25, 0.3) is 0 Å². The maximum Gasteiger partial charge on any atom is 0.226 e. The Balaban J connectivity index is 2.53. The van der Waals surface area contributed by atoms with Gasteiger partial charge >= 0.3 is 0 Å².